The Morgan fingerprint density at radius 2 is 2.08 bits per heavy atom. The van der Waals surface area contributed by atoms with Gasteiger partial charge in [-0.2, -0.15) is 22.0 Å². The summed E-state index contributed by atoms with van der Waals surface area (Å²) in [5.41, 5.74) is -0.898. The van der Waals surface area contributed by atoms with Gasteiger partial charge in [0.2, 0.25) is 0 Å². The quantitative estimate of drug-likeness (QED) is 0.740. The zero-order valence-corrected chi connectivity index (χ0v) is 13.0. The summed E-state index contributed by atoms with van der Waals surface area (Å²) in [7, 11) is 1.35. The van der Waals surface area contributed by atoms with Crippen molar-refractivity contribution in [3.63, 3.8) is 0 Å². The lowest BCUT2D eigenvalue weighted by Gasteiger charge is -2.18. The third-order valence-corrected chi connectivity index (χ3v) is 3.29. The van der Waals surface area contributed by atoms with Crippen molar-refractivity contribution in [1.29, 1.82) is 0 Å². The molecular weight excluding hydrogens is 349 g/mol. The van der Waals surface area contributed by atoms with E-state index in [1.54, 1.807) is 0 Å². The normalized spacial score (nSPS) is 11.6. The molecule has 0 aliphatic heterocycles. The second-order valence-electron chi connectivity index (χ2n) is 5.09. The number of benzene rings is 1. The number of amides is 1. The monoisotopic (exact) mass is 363 g/mol. The summed E-state index contributed by atoms with van der Waals surface area (Å²) in [4.78, 5) is 16.8. The number of hydrogen-bond acceptors (Lipinski definition) is 3. The smallest absolute Gasteiger partial charge is 0.416 e. The summed E-state index contributed by atoms with van der Waals surface area (Å²) in [6.45, 7) is -3.52. The van der Waals surface area contributed by atoms with E-state index in [1.165, 1.54) is 19.3 Å². The summed E-state index contributed by atoms with van der Waals surface area (Å²) in [5, 5.41) is 0. The molecule has 0 saturated heterocycles. The first-order valence-corrected chi connectivity index (χ1v) is 7.02. The van der Waals surface area contributed by atoms with E-state index in [2.05, 4.69) is 4.98 Å². The molecule has 0 atom stereocenters. The van der Waals surface area contributed by atoms with Gasteiger partial charge in [0, 0.05) is 19.4 Å². The van der Waals surface area contributed by atoms with Gasteiger partial charge in [-0.05, 0) is 18.2 Å². The van der Waals surface area contributed by atoms with E-state index >= 15 is 0 Å². The molecule has 0 aliphatic rings. The van der Waals surface area contributed by atoms with Crippen molar-refractivity contribution in [2.24, 2.45) is 0 Å². The maximum Gasteiger partial charge on any atom is 0.416 e. The van der Waals surface area contributed by atoms with Gasteiger partial charge in [-0.25, -0.2) is 4.98 Å². The minimum absolute atomic E-state index is 0.0232. The highest BCUT2D eigenvalue weighted by molar-refractivity contribution is 5.77. The predicted octanol–water partition coefficient (Wildman–Crippen LogP) is 3.33. The summed E-state index contributed by atoms with van der Waals surface area (Å²) in [5.74, 6) is -0.739. The second kappa shape index (κ2) is 7.49. The first-order valence-electron chi connectivity index (χ1n) is 7.02. The molecule has 0 saturated carbocycles. The van der Waals surface area contributed by atoms with E-state index in [0.717, 1.165) is 29.3 Å². The Labute approximate surface area is 139 Å². The van der Waals surface area contributed by atoms with Crippen LogP contribution in [-0.4, -0.2) is 34.0 Å². The number of carbonyl (C=O) groups excluding carboxylic acids is 1. The van der Waals surface area contributed by atoms with Gasteiger partial charge in [-0.1, -0.05) is 6.07 Å². The molecule has 0 N–H and O–H groups in total. The van der Waals surface area contributed by atoms with E-state index < -0.39 is 30.8 Å². The first kappa shape index (κ1) is 18.7. The first-order chi connectivity index (χ1) is 11.7. The second-order valence-corrected chi connectivity index (χ2v) is 5.09. The van der Waals surface area contributed by atoms with Crippen LogP contribution >= 0.6 is 0 Å². The molecule has 136 valence electrons. The Morgan fingerprint density at radius 1 is 1.36 bits per heavy atom. The lowest BCUT2D eigenvalue weighted by Crippen LogP contribution is -2.32. The van der Waals surface area contributed by atoms with Crippen LogP contribution in [0.2, 0.25) is 0 Å². The van der Waals surface area contributed by atoms with Crippen LogP contribution in [0.25, 0.3) is 0 Å². The topological polar surface area (TPSA) is 47.4 Å². The van der Waals surface area contributed by atoms with Crippen LogP contribution in [0.4, 0.5) is 22.0 Å². The molecule has 2 aromatic rings. The molecule has 0 radical (unpaired) electrons. The maximum atomic E-state index is 12.7. The van der Waals surface area contributed by atoms with Crippen LogP contribution in [-0.2, 0) is 17.5 Å². The summed E-state index contributed by atoms with van der Waals surface area (Å²) in [6.07, 6.45) is -2.26. The van der Waals surface area contributed by atoms with Crippen molar-refractivity contribution in [2.75, 3.05) is 13.7 Å². The van der Waals surface area contributed by atoms with Crippen LogP contribution < -0.4 is 4.74 Å². The van der Waals surface area contributed by atoms with Gasteiger partial charge < -0.3 is 9.64 Å². The average Bonchev–Trinajstić information content (AvgIpc) is 3.00. The SMILES string of the molecule is CN(Cc1nccn1C(F)F)C(=O)COc1cccc(C(F)(F)F)c1. The van der Waals surface area contributed by atoms with Gasteiger partial charge >= 0.3 is 12.7 Å². The molecule has 1 aromatic carbocycles. The molecule has 0 bridgehead atoms. The lowest BCUT2D eigenvalue weighted by molar-refractivity contribution is -0.137. The number of alkyl halides is 5. The van der Waals surface area contributed by atoms with Crippen LogP contribution in [0.5, 0.6) is 5.75 Å². The average molecular weight is 363 g/mol. The summed E-state index contributed by atoms with van der Waals surface area (Å²) in [6, 6.07) is 4.10. The number of nitrogens with zero attached hydrogens (tertiary/aromatic N) is 3. The molecule has 0 unspecified atom stereocenters. The predicted molar refractivity (Wildman–Crippen MR) is 76.9 cm³/mol. The Balaban J connectivity index is 1.95. The van der Waals surface area contributed by atoms with Gasteiger partial charge in [-0.15, -0.1) is 0 Å². The van der Waals surface area contributed by atoms with Crippen molar-refractivity contribution in [3.05, 3.63) is 48.0 Å². The van der Waals surface area contributed by atoms with Crippen molar-refractivity contribution in [1.82, 2.24) is 14.5 Å². The molecule has 5 nitrogen and oxygen atoms in total. The largest absolute Gasteiger partial charge is 0.484 e. The van der Waals surface area contributed by atoms with Crippen molar-refractivity contribution >= 4 is 5.91 Å². The number of carbonyl (C=O) groups is 1. The third-order valence-electron chi connectivity index (χ3n) is 3.29. The van der Waals surface area contributed by atoms with Crippen molar-refractivity contribution < 1.29 is 31.5 Å². The van der Waals surface area contributed by atoms with E-state index in [4.69, 9.17) is 4.74 Å². The molecule has 2 rings (SSSR count). The molecule has 0 aliphatic carbocycles. The highest BCUT2D eigenvalue weighted by Gasteiger charge is 2.30. The molecule has 10 heteroatoms. The fraction of sp³-hybridized carbons (Fsp3) is 0.333. The Bertz CT molecular complexity index is 730. The van der Waals surface area contributed by atoms with E-state index in [1.807, 2.05) is 0 Å². The standard InChI is InChI=1S/C15H14F5N3O2/c1-22(8-12-21-5-6-23(12)14(16)17)13(24)9-25-11-4-2-3-10(7-11)15(18,19)20/h2-7,14H,8-9H2,1H3. The number of ether oxygens (including phenoxy) is 1. The number of halogens is 5. The van der Waals surface area contributed by atoms with Gasteiger partial charge in [0.1, 0.15) is 11.6 Å². The van der Waals surface area contributed by atoms with Gasteiger partial charge in [0.15, 0.2) is 6.61 Å². The number of hydrogen-bond donors (Lipinski definition) is 0. The molecule has 1 aromatic heterocycles. The Hall–Kier alpha value is -2.65. The number of imidazole rings is 1. The Kier molecular flexibility index (Phi) is 5.60. The number of likely N-dealkylation sites (N-methyl/N-ethyl adjacent to an activating group) is 1. The fourth-order valence-corrected chi connectivity index (χ4v) is 1.96. The zero-order chi connectivity index (χ0) is 18.6. The van der Waals surface area contributed by atoms with Gasteiger partial charge in [0.25, 0.3) is 5.91 Å². The summed E-state index contributed by atoms with van der Waals surface area (Å²) < 4.78 is 68.9. The van der Waals surface area contributed by atoms with Crippen LogP contribution in [0.15, 0.2) is 36.7 Å². The lowest BCUT2D eigenvalue weighted by atomic mass is 10.2. The number of aromatic nitrogens is 2. The van der Waals surface area contributed by atoms with Gasteiger partial charge in [0.05, 0.1) is 12.1 Å². The minimum atomic E-state index is -4.52. The molecular formula is C15H14F5N3O2. The van der Waals surface area contributed by atoms with Crippen molar-refractivity contribution in [3.8, 4) is 5.75 Å². The van der Waals surface area contributed by atoms with E-state index in [9.17, 15) is 26.7 Å². The fourth-order valence-electron chi connectivity index (χ4n) is 1.96. The highest BCUT2D eigenvalue weighted by atomic mass is 19.4. The zero-order valence-electron chi connectivity index (χ0n) is 13.0. The maximum absolute atomic E-state index is 12.7. The van der Waals surface area contributed by atoms with Gasteiger partial charge in [-0.3, -0.25) is 9.36 Å². The molecule has 0 spiro atoms. The Morgan fingerprint density at radius 3 is 2.72 bits per heavy atom. The minimum Gasteiger partial charge on any atom is -0.484 e. The van der Waals surface area contributed by atoms with E-state index in [-0.39, 0.29) is 18.1 Å². The molecule has 1 amide bonds. The molecule has 25 heavy (non-hydrogen) atoms. The van der Waals surface area contributed by atoms with E-state index in [0.29, 0.717) is 4.57 Å². The van der Waals surface area contributed by atoms with Crippen molar-refractivity contribution in [2.45, 2.75) is 19.3 Å². The molecule has 0 fully saturated rings. The third kappa shape index (κ3) is 4.91. The molecule has 1 heterocycles. The summed E-state index contributed by atoms with van der Waals surface area (Å²) >= 11 is 0. The van der Waals surface area contributed by atoms with Crippen LogP contribution in [0.1, 0.15) is 17.9 Å². The van der Waals surface area contributed by atoms with Crippen LogP contribution in [0, 0.1) is 0 Å². The van der Waals surface area contributed by atoms with Crippen LogP contribution in [0.3, 0.4) is 0 Å². The number of rotatable bonds is 6. The highest BCUT2D eigenvalue weighted by Crippen LogP contribution is 2.31.